The summed E-state index contributed by atoms with van der Waals surface area (Å²) < 4.78 is 38.6. The maximum atomic E-state index is 13.9. The number of nitrogens with one attached hydrogen (secondary N) is 1. The number of hydrogen-bond donors (Lipinski definition) is 5. The number of fused-ring (bicyclic) bond motifs is 2. The fourth-order valence-electron chi connectivity index (χ4n) is 4.37. The molecule has 3 rings (SSSR count). The normalized spacial score (nSPS) is 14.1. The molecule has 0 radical (unpaired) electrons. The van der Waals surface area contributed by atoms with Crippen LogP contribution >= 0.6 is 25.1 Å². The highest BCUT2D eigenvalue weighted by Gasteiger charge is 2.34. The van der Waals surface area contributed by atoms with Crippen LogP contribution in [0.3, 0.4) is 0 Å². The molecule has 2 atom stereocenters. The molecule has 15 heteroatoms. The van der Waals surface area contributed by atoms with Gasteiger partial charge in [-0.3, -0.25) is 14.6 Å². The number of carbonyl (C=O) groups excluding carboxylic acids is 1. The SMILES string of the molecule is CC(C)=CCC/C(C)=C/CC/C(C)=C/CN1C(=O)c2cccc(OP(=O)(O)O)c2Nc2c(O[P+](=O)O)cc(OPO)cc21. The van der Waals surface area contributed by atoms with Gasteiger partial charge in [0.2, 0.25) is 14.8 Å². The first-order valence-corrected chi connectivity index (χ1v) is 16.8. The Morgan fingerprint density at radius 3 is 2.33 bits per heavy atom. The van der Waals surface area contributed by atoms with E-state index >= 15 is 0 Å². The molecular weight excluding hydrogens is 617 g/mol. The first-order chi connectivity index (χ1) is 20.3. The minimum Gasteiger partial charge on any atom is -0.450 e. The Kier molecular flexibility index (Phi) is 12.5. The highest BCUT2D eigenvalue weighted by Crippen LogP contribution is 2.50. The third-order valence-electron chi connectivity index (χ3n) is 6.40. The molecule has 1 aliphatic rings. The molecule has 0 saturated heterocycles. The van der Waals surface area contributed by atoms with Crippen molar-refractivity contribution in [3.8, 4) is 17.2 Å². The molecule has 1 amide bonds. The van der Waals surface area contributed by atoms with Gasteiger partial charge in [0, 0.05) is 23.2 Å². The van der Waals surface area contributed by atoms with E-state index in [0.29, 0.717) is 0 Å². The number of benzene rings is 2. The van der Waals surface area contributed by atoms with E-state index in [4.69, 9.17) is 13.6 Å². The van der Waals surface area contributed by atoms with E-state index in [0.717, 1.165) is 31.3 Å². The second-order valence-corrected chi connectivity index (χ2v) is 12.3. The lowest BCUT2D eigenvalue weighted by Gasteiger charge is -2.23. The van der Waals surface area contributed by atoms with Crippen molar-refractivity contribution >= 4 is 48.1 Å². The van der Waals surface area contributed by atoms with E-state index in [1.165, 1.54) is 46.4 Å². The summed E-state index contributed by atoms with van der Waals surface area (Å²) in [6.45, 7) is 8.28. The number of phosphoric acid groups is 1. The standard InChI is InChI=1S/C28H35N2O10P3/c1-18(2)8-5-9-19(3)10-6-11-20(4)14-15-30-23-16-21(38-41-32)17-25(39-42(33)34)27(23)29-26-22(28(30)31)12-7-13-24(26)40-43(35,36)37/h7-8,10,12-14,16-17,32,41H,5-6,9,11,15H2,1-4H3,(H3-,29,31,33,34,35,36,37)/p+1/b19-10+,20-14+. The van der Waals surface area contributed by atoms with E-state index in [9.17, 15) is 33.5 Å². The quantitative estimate of drug-likeness (QED) is 0.103. The van der Waals surface area contributed by atoms with Gasteiger partial charge in [0.05, 0.1) is 16.9 Å². The van der Waals surface area contributed by atoms with Crippen LogP contribution in [-0.4, -0.2) is 32.0 Å². The maximum Gasteiger partial charge on any atom is 0.747 e. The molecule has 0 bridgehead atoms. The Hall–Kier alpha value is -3.07. The van der Waals surface area contributed by atoms with Gasteiger partial charge in [-0.15, -0.1) is 4.89 Å². The van der Waals surface area contributed by atoms with E-state index < -0.39 is 31.0 Å². The van der Waals surface area contributed by atoms with Gasteiger partial charge in [-0.05, 0) is 65.5 Å². The number of phosphoric ester groups is 1. The van der Waals surface area contributed by atoms with Crippen LogP contribution < -0.4 is 23.8 Å². The molecule has 1 aliphatic heterocycles. The minimum absolute atomic E-state index is 0.0222. The minimum atomic E-state index is -5.02. The summed E-state index contributed by atoms with van der Waals surface area (Å²) in [6.07, 6.45) is 9.82. The van der Waals surface area contributed by atoms with Crippen molar-refractivity contribution in [1.29, 1.82) is 0 Å². The van der Waals surface area contributed by atoms with Crippen molar-refractivity contribution in [2.75, 3.05) is 16.8 Å². The predicted molar refractivity (Wildman–Crippen MR) is 168 cm³/mol. The molecule has 0 saturated carbocycles. The van der Waals surface area contributed by atoms with Crippen molar-refractivity contribution in [3.63, 3.8) is 0 Å². The lowest BCUT2D eigenvalue weighted by atomic mass is 10.1. The summed E-state index contributed by atoms with van der Waals surface area (Å²) in [5.74, 6) is -1.03. The number of nitrogens with zero attached hydrogens (tertiary/aromatic N) is 1. The van der Waals surface area contributed by atoms with Crippen LogP contribution in [0.2, 0.25) is 0 Å². The van der Waals surface area contributed by atoms with Gasteiger partial charge in [0.25, 0.3) is 5.91 Å². The zero-order chi connectivity index (χ0) is 31.7. The average molecular weight is 654 g/mol. The zero-order valence-electron chi connectivity index (χ0n) is 24.2. The number of rotatable bonds is 14. The summed E-state index contributed by atoms with van der Waals surface area (Å²) in [5, 5.41) is 2.91. The summed E-state index contributed by atoms with van der Waals surface area (Å²) in [7, 11) is -9.15. The van der Waals surface area contributed by atoms with Gasteiger partial charge in [-0.25, -0.2) is 9.09 Å². The maximum absolute atomic E-state index is 13.9. The fourth-order valence-corrected chi connectivity index (χ4v) is 5.32. The molecule has 1 heterocycles. The molecule has 2 aromatic rings. The largest absolute Gasteiger partial charge is 0.747 e. The van der Waals surface area contributed by atoms with Gasteiger partial charge in [0.1, 0.15) is 11.4 Å². The van der Waals surface area contributed by atoms with E-state index in [-0.39, 0.29) is 46.4 Å². The van der Waals surface area contributed by atoms with Crippen LogP contribution in [0.5, 0.6) is 17.2 Å². The molecule has 5 N–H and O–H groups in total. The number of allylic oxidation sites excluding steroid dienone is 5. The van der Waals surface area contributed by atoms with E-state index in [1.54, 1.807) is 0 Å². The van der Waals surface area contributed by atoms with Crippen LogP contribution in [0.4, 0.5) is 17.1 Å². The molecule has 0 aliphatic carbocycles. The molecule has 43 heavy (non-hydrogen) atoms. The third kappa shape index (κ3) is 10.3. The van der Waals surface area contributed by atoms with Crippen LogP contribution in [0, 0.1) is 0 Å². The third-order valence-corrected chi connectivity index (χ3v) is 7.51. The molecule has 0 spiro atoms. The molecule has 2 unspecified atom stereocenters. The molecule has 0 aromatic heterocycles. The summed E-state index contributed by atoms with van der Waals surface area (Å²) >= 11 is 0. The number of amides is 1. The average Bonchev–Trinajstić information content (AvgIpc) is 3.01. The first kappa shape index (κ1) is 34.4. The lowest BCUT2D eigenvalue weighted by Crippen LogP contribution is -2.30. The topological polar surface area (TPSA) is 175 Å². The Morgan fingerprint density at radius 2 is 1.70 bits per heavy atom. The van der Waals surface area contributed by atoms with Crippen LogP contribution in [0.25, 0.3) is 0 Å². The summed E-state index contributed by atoms with van der Waals surface area (Å²) in [5.41, 5.74) is 3.76. The summed E-state index contributed by atoms with van der Waals surface area (Å²) in [4.78, 5) is 53.1. The van der Waals surface area contributed by atoms with Crippen molar-refractivity contribution in [1.82, 2.24) is 0 Å². The second-order valence-electron chi connectivity index (χ2n) is 10.1. The van der Waals surface area contributed by atoms with Gasteiger partial charge < -0.3 is 24.2 Å². The van der Waals surface area contributed by atoms with E-state index in [1.807, 2.05) is 13.0 Å². The van der Waals surface area contributed by atoms with Crippen LogP contribution in [0.1, 0.15) is 63.7 Å². The first-order valence-electron chi connectivity index (χ1n) is 13.3. The highest BCUT2D eigenvalue weighted by atomic mass is 31.2. The molecule has 2 aromatic carbocycles. The highest BCUT2D eigenvalue weighted by molar-refractivity contribution is 7.46. The van der Waals surface area contributed by atoms with Gasteiger partial charge in [0.15, 0.2) is 5.75 Å². The fraction of sp³-hybridized carbons (Fsp3) is 0.321. The van der Waals surface area contributed by atoms with Crippen LogP contribution in [0.15, 0.2) is 65.3 Å². The molecule has 232 valence electrons. The van der Waals surface area contributed by atoms with Crippen LogP contribution in [-0.2, 0) is 9.13 Å². The van der Waals surface area contributed by atoms with Gasteiger partial charge in [-0.2, -0.15) is 0 Å². The summed E-state index contributed by atoms with van der Waals surface area (Å²) in [6, 6.07) is 6.82. The smallest absolute Gasteiger partial charge is 0.450 e. The number of anilines is 3. The lowest BCUT2D eigenvalue weighted by molar-refractivity contribution is 0.0990. The Labute approximate surface area is 253 Å². The Bertz CT molecular complexity index is 1500. The Balaban J connectivity index is 2.02. The predicted octanol–water partition coefficient (Wildman–Crippen LogP) is 7.19. The van der Waals surface area contributed by atoms with Crippen molar-refractivity contribution < 1.29 is 47.1 Å². The van der Waals surface area contributed by atoms with Crippen molar-refractivity contribution in [3.05, 3.63) is 70.8 Å². The second kappa shape index (κ2) is 15.6. The number of carbonyl (C=O) groups is 1. The van der Waals surface area contributed by atoms with Crippen molar-refractivity contribution in [2.24, 2.45) is 0 Å². The molecular formula is C28H36N2O10P3+. The monoisotopic (exact) mass is 653 g/mol. The van der Waals surface area contributed by atoms with Gasteiger partial charge >= 0.3 is 16.1 Å². The molecule has 12 nitrogen and oxygen atoms in total. The molecule has 0 fully saturated rings. The number of hydrogen-bond acceptors (Lipinski definition) is 8. The van der Waals surface area contributed by atoms with Crippen molar-refractivity contribution in [2.45, 2.75) is 53.4 Å². The zero-order valence-corrected chi connectivity index (χ0v) is 27.0. The number of para-hydroxylation sites is 1. The Morgan fingerprint density at radius 1 is 1.02 bits per heavy atom. The van der Waals surface area contributed by atoms with E-state index in [2.05, 4.69) is 38.2 Å². The van der Waals surface area contributed by atoms with Gasteiger partial charge in [-0.1, -0.05) is 41.0 Å².